The molecule has 2 fully saturated rings. The van der Waals surface area contributed by atoms with Gasteiger partial charge in [0, 0.05) is 32.3 Å². The van der Waals surface area contributed by atoms with E-state index in [0.29, 0.717) is 18.5 Å². The Kier molecular flexibility index (Phi) is 4.90. The number of ketones is 1. The number of Topliss-reactive ketones (excluding diaryl/α,β-unsaturated/α-hetero) is 1. The smallest absolute Gasteiger partial charge is 0.295 e. The zero-order valence-corrected chi connectivity index (χ0v) is 12.6. The molecule has 22 heavy (non-hydrogen) atoms. The molecule has 1 amide bonds. The molecule has 0 radical (unpaired) electrons. The van der Waals surface area contributed by atoms with Crippen LogP contribution in [0.4, 0.5) is 0 Å². The van der Waals surface area contributed by atoms with E-state index in [0.717, 1.165) is 45.6 Å². The first-order valence-corrected chi connectivity index (χ1v) is 7.92. The highest BCUT2D eigenvalue weighted by atomic mass is 16.5. The van der Waals surface area contributed by atoms with Gasteiger partial charge in [0.25, 0.3) is 11.7 Å². The molecule has 0 saturated carbocycles. The van der Waals surface area contributed by atoms with Gasteiger partial charge in [-0.25, -0.2) is 0 Å². The standard InChI is InChI=1S/C16H22N2O4/c19-15(14-2-1-7-22-14)16(20)17-10-12-3-6-18(11-12)13-4-8-21-9-5-13/h1-2,7,12-13H,3-6,8-11H2,(H,17,20)/t12-/m1/s1. The Morgan fingerprint density at radius 2 is 2.09 bits per heavy atom. The summed E-state index contributed by atoms with van der Waals surface area (Å²) in [5.41, 5.74) is 0. The van der Waals surface area contributed by atoms with E-state index in [2.05, 4.69) is 10.2 Å². The Balaban J connectivity index is 1.42. The van der Waals surface area contributed by atoms with Crippen molar-refractivity contribution < 1.29 is 18.7 Å². The summed E-state index contributed by atoms with van der Waals surface area (Å²) in [6.07, 6.45) is 4.64. The summed E-state index contributed by atoms with van der Waals surface area (Å²) >= 11 is 0. The number of rotatable bonds is 5. The van der Waals surface area contributed by atoms with Gasteiger partial charge in [-0.1, -0.05) is 0 Å². The Labute approximate surface area is 129 Å². The predicted molar refractivity (Wildman–Crippen MR) is 79.6 cm³/mol. The summed E-state index contributed by atoms with van der Waals surface area (Å²) in [7, 11) is 0. The Morgan fingerprint density at radius 1 is 1.27 bits per heavy atom. The second-order valence-corrected chi connectivity index (χ2v) is 6.01. The normalized spacial score (nSPS) is 23.5. The first kappa shape index (κ1) is 15.2. The minimum absolute atomic E-state index is 0.0905. The molecule has 0 aromatic carbocycles. The van der Waals surface area contributed by atoms with Gasteiger partial charge in [-0.05, 0) is 43.9 Å². The minimum atomic E-state index is -0.607. The molecule has 0 bridgehead atoms. The fourth-order valence-corrected chi connectivity index (χ4v) is 3.25. The van der Waals surface area contributed by atoms with Gasteiger partial charge in [-0.2, -0.15) is 0 Å². The molecule has 2 saturated heterocycles. The second-order valence-electron chi connectivity index (χ2n) is 6.01. The average molecular weight is 306 g/mol. The van der Waals surface area contributed by atoms with E-state index in [9.17, 15) is 9.59 Å². The van der Waals surface area contributed by atoms with Crippen molar-refractivity contribution in [3.05, 3.63) is 24.2 Å². The summed E-state index contributed by atoms with van der Waals surface area (Å²) in [6, 6.07) is 3.72. The maximum Gasteiger partial charge on any atom is 0.295 e. The highest BCUT2D eigenvalue weighted by Crippen LogP contribution is 2.23. The van der Waals surface area contributed by atoms with Gasteiger partial charge in [-0.3, -0.25) is 14.5 Å². The second kappa shape index (κ2) is 7.07. The number of nitrogens with one attached hydrogen (secondary N) is 1. The lowest BCUT2D eigenvalue weighted by Gasteiger charge is -2.31. The first-order chi connectivity index (χ1) is 10.7. The van der Waals surface area contributed by atoms with E-state index < -0.39 is 11.7 Å². The number of carbonyl (C=O) groups is 2. The number of furan rings is 1. The zero-order chi connectivity index (χ0) is 15.4. The number of hydrogen-bond donors (Lipinski definition) is 1. The molecule has 3 heterocycles. The lowest BCUT2D eigenvalue weighted by Crippen LogP contribution is -2.39. The van der Waals surface area contributed by atoms with E-state index in [-0.39, 0.29) is 5.76 Å². The number of likely N-dealkylation sites (tertiary alicyclic amines) is 1. The molecule has 1 aromatic heterocycles. The van der Waals surface area contributed by atoms with E-state index >= 15 is 0 Å². The molecule has 1 atom stereocenters. The van der Waals surface area contributed by atoms with Crippen LogP contribution >= 0.6 is 0 Å². The number of amides is 1. The summed E-state index contributed by atoms with van der Waals surface area (Å²) in [6.45, 7) is 4.29. The molecule has 1 aromatic rings. The molecule has 0 aliphatic carbocycles. The predicted octanol–water partition coefficient (Wildman–Crippen LogP) is 1.08. The van der Waals surface area contributed by atoms with Crippen molar-refractivity contribution in [2.24, 2.45) is 5.92 Å². The summed E-state index contributed by atoms with van der Waals surface area (Å²) in [5, 5.41) is 2.74. The minimum Gasteiger partial charge on any atom is -0.461 e. The third-order valence-electron chi connectivity index (χ3n) is 4.53. The fourth-order valence-electron chi connectivity index (χ4n) is 3.25. The molecular weight excluding hydrogens is 284 g/mol. The zero-order valence-electron chi connectivity index (χ0n) is 12.6. The van der Waals surface area contributed by atoms with Crippen LogP contribution in [-0.4, -0.2) is 55.5 Å². The maximum atomic E-state index is 11.8. The number of hydrogen-bond acceptors (Lipinski definition) is 5. The van der Waals surface area contributed by atoms with Gasteiger partial charge in [0.2, 0.25) is 0 Å². The van der Waals surface area contributed by atoms with Gasteiger partial charge in [0.1, 0.15) is 0 Å². The van der Waals surface area contributed by atoms with Crippen LogP contribution in [0.25, 0.3) is 0 Å². The van der Waals surface area contributed by atoms with Crippen molar-refractivity contribution in [3.8, 4) is 0 Å². The fraction of sp³-hybridized carbons (Fsp3) is 0.625. The maximum absolute atomic E-state index is 11.8. The van der Waals surface area contributed by atoms with Crippen LogP contribution < -0.4 is 5.32 Å². The SMILES string of the molecule is O=C(NC[C@H]1CCN(C2CCOCC2)C1)C(=O)c1ccco1. The molecular formula is C16H22N2O4. The largest absolute Gasteiger partial charge is 0.461 e. The molecule has 0 unspecified atom stereocenters. The number of carbonyl (C=O) groups excluding carboxylic acids is 2. The quantitative estimate of drug-likeness (QED) is 0.651. The molecule has 6 heteroatoms. The third-order valence-corrected chi connectivity index (χ3v) is 4.53. The van der Waals surface area contributed by atoms with Gasteiger partial charge in [0.05, 0.1) is 6.26 Å². The number of nitrogens with zero attached hydrogens (tertiary/aromatic N) is 1. The van der Waals surface area contributed by atoms with E-state index in [1.54, 1.807) is 6.07 Å². The van der Waals surface area contributed by atoms with Gasteiger partial charge in [0.15, 0.2) is 5.76 Å². The van der Waals surface area contributed by atoms with Crippen molar-refractivity contribution in [1.82, 2.24) is 10.2 Å². The van der Waals surface area contributed by atoms with Crippen LogP contribution in [0.2, 0.25) is 0 Å². The van der Waals surface area contributed by atoms with Crippen molar-refractivity contribution in [2.45, 2.75) is 25.3 Å². The first-order valence-electron chi connectivity index (χ1n) is 7.92. The van der Waals surface area contributed by atoms with Crippen molar-refractivity contribution >= 4 is 11.7 Å². The summed E-state index contributed by atoms with van der Waals surface area (Å²) in [4.78, 5) is 26.1. The molecule has 2 aliphatic heterocycles. The molecule has 6 nitrogen and oxygen atoms in total. The number of ether oxygens (including phenoxy) is 1. The molecule has 3 rings (SSSR count). The Morgan fingerprint density at radius 3 is 2.82 bits per heavy atom. The monoisotopic (exact) mass is 306 g/mol. The molecule has 120 valence electrons. The topological polar surface area (TPSA) is 71.8 Å². The van der Waals surface area contributed by atoms with Crippen LogP contribution in [0.15, 0.2) is 22.8 Å². The van der Waals surface area contributed by atoms with Crippen LogP contribution in [-0.2, 0) is 9.53 Å². The lowest BCUT2D eigenvalue weighted by atomic mass is 10.1. The lowest BCUT2D eigenvalue weighted by molar-refractivity contribution is -0.117. The van der Waals surface area contributed by atoms with Crippen LogP contribution in [0.5, 0.6) is 0 Å². The van der Waals surface area contributed by atoms with E-state index in [1.807, 2.05) is 0 Å². The van der Waals surface area contributed by atoms with Crippen molar-refractivity contribution in [1.29, 1.82) is 0 Å². The molecule has 2 aliphatic rings. The van der Waals surface area contributed by atoms with E-state index in [1.165, 1.54) is 12.3 Å². The van der Waals surface area contributed by atoms with Crippen LogP contribution in [0, 0.1) is 5.92 Å². The van der Waals surface area contributed by atoms with Crippen LogP contribution in [0.3, 0.4) is 0 Å². The highest BCUT2D eigenvalue weighted by Gasteiger charge is 2.30. The Hall–Kier alpha value is -1.66. The van der Waals surface area contributed by atoms with Gasteiger partial charge >= 0.3 is 0 Å². The highest BCUT2D eigenvalue weighted by molar-refractivity contribution is 6.42. The van der Waals surface area contributed by atoms with Crippen LogP contribution in [0.1, 0.15) is 29.8 Å². The van der Waals surface area contributed by atoms with Crippen molar-refractivity contribution in [3.63, 3.8) is 0 Å². The summed E-state index contributed by atoms with van der Waals surface area (Å²) in [5.74, 6) is -0.687. The average Bonchev–Trinajstić information content (AvgIpc) is 3.24. The van der Waals surface area contributed by atoms with Crippen molar-refractivity contribution in [2.75, 3.05) is 32.8 Å². The van der Waals surface area contributed by atoms with Gasteiger partial charge < -0.3 is 14.5 Å². The summed E-state index contributed by atoms with van der Waals surface area (Å²) < 4.78 is 10.4. The van der Waals surface area contributed by atoms with Gasteiger partial charge in [-0.15, -0.1) is 0 Å². The molecule has 1 N–H and O–H groups in total. The molecule has 0 spiro atoms. The third kappa shape index (κ3) is 3.56. The Bertz CT molecular complexity index is 508. The van der Waals surface area contributed by atoms with E-state index in [4.69, 9.17) is 9.15 Å².